The van der Waals surface area contributed by atoms with E-state index in [0.717, 1.165) is 61.1 Å². The van der Waals surface area contributed by atoms with Gasteiger partial charge in [-0.25, -0.2) is 9.97 Å². The highest BCUT2D eigenvalue weighted by molar-refractivity contribution is 6.24. The van der Waals surface area contributed by atoms with Crippen LogP contribution in [0.15, 0.2) is 195 Å². The fourth-order valence-electron chi connectivity index (χ4n) is 8.63. The van der Waals surface area contributed by atoms with Crippen LogP contribution in [0.3, 0.4) is 0 Å². The summed E-state index contributed by atoms with van der Waals surface area (Å²) in [6.45, 7) is 3.86. The Labute approximate surface area is 323 Å². The summed E-state index contributed by atoms with van der Waals surface area (Å²) in [5, 5.41) is 8.23. The molecule has 0 saturated carbocycles. The highest BCUT2D eigenvalue weighted by atomic mass is 15.2. The molecule has 0 saturated heterocycles. The molecule has 56 heavy (non-hydrogen) atoms. The lowest BCUT2D eigenvalue weighted by atomic mass is 9.94. The van der Waals surface area contributed by atoms with E-state index in [1.807, 2.05) is 18.2 Å². The Bertz CT molecular complexity index is 3380. The third-order valence-corrected chi connectivity index (χ3v) is 11.1. The molecule has 0 aliphatic carbocycles. The lowest BCUT2D eigenvalue weighted by Gasteiger charge is -2.14. The molecule has 0 unspecified atom stereocenters. The molecule has 11 rings (SSSR count). The molecule has 0 amide bonds. The largest absolute Gasteiger partial charge is 0.309 e. The van der Waals surface area contributed by atoms with E-state index in [4.69, 9.17) is 9.97 Å². The summed E-state index contributed by atoms with van der Waals surface area (Å²) >= 11 is 0. The molecule has 3 aromatic heterocycles. The fraction of sp³-hybridized carbons (Fsp3) is 0. The van der Waals surface area contributed by atoms with E-state index >= 15 is 0 Å². The van der Waals surface area contributed by atoms with Crippen LogP contribution in [-0.4, -0.2) is 19.1 Å². The molecular weight excluding hydrogens is 681 g/mol. The molecule has 0 radical (unpaired) electrons. The van der Waals surface area contributed by atoms with Crippen LogP contribution in [0.2, 0.25) is 0 Å². The Morgan fingerprint density at radius 1 is 0.446 bits per heavy atom. The summed E-state index contributed by atoms with van der Waals surface area (Å²) in [4.78, 5) is 10.6. The molecule has 0 aliphatic heterocycles. The summed E-state index contributed by atoms with van der Waals surface area (Å²) in [5.74, 6) is 0.652. The Kier molecular flexibility index (Phi) is 7.29. The maximum absolute atomic E-state index is 5.37. The van der Waals surface area contributed by atoms with Gasteiger partial charge in [-0.05, 0) is 76.0 Å². The van der Waals surface area contributed by atoms with Crippen molar-refractivity contribution in [3.8, 4) is 34.0 Å². The van der Waals surface area contributed by atoms with Crippen molar-refractivity contribution in [3.05, 3.63) is 200 Å². The monoisotopic (exact) mass is 714 g/mol. The van der Waals surface area contributed by atoms with Crippen molar-refractivity contribution in [1.29, 1.82) is 0 Å². The molecule has 0 N–H and O–H groups in total. The van der Waals surface area contributed by atoms with E-state index in [2.05, 4.69) is 192 Å². The zero-order chi connectivity index (χ0) is 37.2. The van der Waals surface area contributed by atoms with Gasteiger partial charge in [0.2, 0.25) is 5.95 Å². The first-order chi connectivity index (χ1) is 27.7. The number of nitrogens with zero attached hydrogens (tertiary/aromatic N) is 4. The maximum Gasteiger partial charge on any atom is 0.235 e. The zero-order valence-corrected chi connectivity index (χ0v) is 30.5. The number of fused-ring (bicyclic) bond motifs is 9. The Morgan fingerprint density at radius 2 is 1.12 bits per heavy atom. The molecule has 8 aromatic carbocycles. The van der Waals surface area contributed by atoms with E-state index in [1.54, 1.807) is 0 Å². The van der Waals surface area contributed by atoms with Gasteiger partial charge >= 0.3 is 0 Å². The molecule has 0 bridgehead atoms. The number of para-hydroxylation sites is 3. The van der Waals surface area contributed by atoms with E-state index in [-0.39, 0.29) is 0 Å². The number of hydrogen-bond acceptors (Lipinski definition) is 2. The highest BCUT2D eigenvalue weighted by Crippen LogP contribution is 2.43. The second-order valence-corrected chi connectivity index (χ2v) is 14.2. The lowest BCUT2D eigenvalue weighted by molar-refractivity contribution is 1.01. The quantitative estimate of drug-likeness (QED) is 0.161. The Hall–Kier alpha value is -7.56. The van der Waals surface area contributed by atoms with Gasteiger partial charge in [0.1, 0.15) is 0 Å². The highest BCUT2D eigenvalue weighted by Gasteiger charge is 2.21. The fourth-order valence-corrected chi connectivity index (χ4v) is 8.63. The third kappa shape index (κ3) is 4.93. The van der Waals surface area contributed by atoms with Gasteiger partial charge in [0.25, 0.3) is 0 Å². The molecule has 0 spiro atoms. The number of rotatable bonds is 6. The van der Waals surface area contributed by atoms with Crippen LogP contribution in [0, 0.1) is 0 Å². The van der Waals surface area contributed by atoms with Gasteiger partial charge in [-0.2, -0.15) is 0 Å². The predicted molar refractivity (Wildman–Crippen MR) is 236 cm³/mol. The van der Waals surface area contributed by atoms with Crippen LogP contribution in [-0.2, 0) is 0 Å². The number of aromatic nitrogens is 4. The van der Waals surface area contributed by atoms with Gasteiger partial charge in [-0.15, -0.1) is 0 Å². The van der Waals surface area contributed by atoms with Crippen molar-refractivity contribution >= 4 is 71.4 Å². The zero-order valence-electron chi connectivity index (χ0n) is 30.5. The molecule has 4 heteroatoms. The van der Waals surface area contributed by atoms with E-state index < -0.39 is 0 Å². The summed E-state index contributed by atoms with van der Waals surface area (Å²) in [5.41, 5.74) is 11.9. The van der Waals surface area contributed by atoms with Gasteiger partial charge in [-0.3, -0.25) is 4.57 Å². The summed E-state index contributed by atoms with van der Waals surface area (Å²) in [6, 6.07) is 62.8. The molecule has 11 aromatic rings. The minimum absolute atomic E-state index is 0.652. The SMILES string of the molecule is C=C/C=C\c1cccc(-n2c3ccccc3c3cc(-c4cc5c(c6ccccc46)c4ccccc4n5-c4nc(-c5ccccc5)c5ccccc5n4)ccc32)c1. The van der Waals surface area contributed by atoms with Gasteiger partial charge in [0.15, 0.2) is 0 Å². The summed E-state index contributed by atoms with van der Waals surface area (Å²) in [6.07, 6.45) is 5.88. The molecule has 4 nitrogen and oxygen atoms in total. The molecule has 3 heterocycles. The van der Waals surface area contributed by atoms with Crippen molar-refractivity contribution in [2.75, 3.05) is 0 Å². The van der Waals surface area contributed by atoms with Crippen LogP contribution < -0.4 is 0 Å². The number of benzene rings is 8. The minimum Gasteiger partial charge on any atom is -0.309 e. The van der Waals surface area contributed by atoms with Crippen molar-refractivity contribution < 1.29 is 0 Å². The standard InChI is InChI=1S/C52H34N4/c1-2-3-16-34-17-15-20-37(31-34)55-46-27-13-10-22-39(46)44-32-36(29-30-48(44)55)43-33-49-50(40-23-8-7-21-38(40)43)42-25-11-14-28-47(42)56(49)52-53-45-26-12-9-24-41(45)51(54-52)35-18-5-4-6-19-35/h2-33H,1H2/b16-3-. The van der Waals surface area contributed by atoms with Crippen molar-refractivity contribution in [1.82, 2.24) is 19.1 Å². The Balaban J connectivity index is 1.19. The van der Waals surface area contributed by atoms with Crippen LogP contribution in [0.1, 0.15) is 5.56 Å². The summed E-state index contributed by atoms with van der Waals surface area (Å²) in [7, 11) is 0. The molecule has 0 fully saturated rings. The van der Waals surface area contributed by atoms with Crippen molar-refractivity contribution in [2.45, 2.75) is 0 Å². The van der Waals surface area contributed by atoms with E-state index in [1.165, 1.54) is 37.8 Å². The number of allylic oxidation sites excluding steroid dienone is 2. The van der Waals surface area contributed by atoms with E-state index in [0.29, 0.717) is 5.95 Å². The van der Waals surface area contributed by atoms with Crippen molar-refractivity contribution in [3.63, 3.8) is 0 Å². The second kappa shape index (κ2) is 12.8. The first kappa shape index (κ1) is 31.9. The summed E-state index contributed by atoms with van der Waals surface area (Å²) < 4.78 is 4.64. The van der Waals surface area contributed by atoms with Crippen LogP contribution >= 0.6 is 0 Å². The molecule has 0 atom stereocenters. The first-order valence-corrected chi connectivity index (χ1v) is 19.0. The predicted octanol–water partition coefficient (Wildman–Crippen LogP) is 13.5. The van der Waals surface area contributed by atoms with Crippen LogP contribution in [0.5, 0.6) is 0 Å². The smallest absolute Gasteiger partial charge is 0.235 e. The second-order valence-electron chi connectivity index (χ2n) is 14.2. The van der Waals surface area contributed by atoms with E-state index in [9.17, 15) is 0 Å². The molecular formula is C52H34N4. The first-order valence-electron chi connectivity index (χ1n) is 19.0. The average molecular weight is 715 g/mol. The normalized spacial score (nSPS) is 11.9. The van der Waals surface area contributed by atoms with Gasteiger partial charge < -0.3 is 4.57 Å². The maximum atomic E-state index is 5.37. The molecule has 0 aliphatic rings. The van der Waals surface area contributed by atoms with Gasteiger partial charge in [0.05, 0.1) is 33.3 Å². The van der Waals surface area contributed by atoms with Crippen LogP contribution in [0.4, 0.5) is 0 Å². The lowest BCUT2D eigenvalue weighted by Crippen LogP contribution is -2.03. The molecule has 262 valence electrons. The number of hydrogen-bond donors (Lipinski definition) is 0. The average Bonchev–Trinajstić information content (AvgIpc) is 3.78. The van der Waals surface area contributed by atoms with Crippen LogP contribution in [0.25, 0.3) is 105 Å². The van der Waals surface area contributed by atoms with Crippen molar-refractivity contribution in [2.24, 2.45) is 0 Å². The third-order valence-electron chi connectivity index (χ3n) is 11.1. The Morgan fingerprint density at radius 3 is 1.95 bits per heavy atom. The van der Waals surface area contributed by atoms with Gasteiger partial charge in [0, 0.05) is 38.2 Å². The topological polar surface area (TPSA) is 35.6 Å². The van der Waals surface area contributed by atoms with Gasteiger partial charge in [-0.1, -0.05) is 152 Å². The minimum atomic E-state index is 0.652.